The van der Waals surface area contributed by atoms with Gasteiger partial charge >= 0.3 is 0 Å². The number of phenolic OH excluding ortho intramolecular Hbond substituents is 1. The lowest BCUT2D eigenvalue weighted by molar-refractivity contribution is -0.145. The Morgan fingerprint density at radius 3 is 2.46 bits per heavy atom. The standard InChI is InChI=1S/C26H29FN4O8/c1-30(15(32)9-31-4-2-3-5-31)14-8-13(27)11-6-10-7-12-19(28)22(35)18(25(29)38)24(37)26(12,39)23(36)16(10)21(34)17(11)20(14)33/h8,10,12,19,33,35-36,39H,2-7,9,28H2,1H3,(H2,29,38)/t10-,12-,19-,26-/m0/s1. The first-order valence-corrected chi connectivity index (χ1v) is 12.6. The number of allylic oxidation sites excluding steroid dienone is 1. The van der Waals surface area contributed by atoms with Crippen molar-refractivity contribution in [2.45, 2.75) is 37.3 Å². The van der Waals surface area contributed by atoms with Gasteiger partial charge in [-0.25, -0.2) is 4.39 Å². The Kier molecular flexibility index (Phi) is 6.28. The molecule has 0 saturated carbocycles. The van der Waals surface area contributed by atoms with Crippen molar-refractivity contribution in [2.24, 2.45) is 23.3 Å². The first kappa shape index (κ1) is 26.8. The molecule has 1 heterocycles. The summed E-state index contributed by atoms with van der Waals surface area (Å²) in [4.78, 5) is 54.4. The number of phenols is 1. The zero-order valence-corrected chi connectivity index (χ0v) is 21.1. The summed E-state index contributed by atoms with van der Waals surface area (Å²) in [5, 5.41) is 44.0. The second-order valence-electron chi connectivity index (χ2n) is 10.6. The van der Waals surface area contributed by atoms with E-state index in [0.717, 1.165) is 36.9 Å². The molecule has 0 unspecified atom stereocenters. The van der Waals surface area contributed by atoms with E-state index in [1.807, 2.05) is 4.90 Å². The predicted molar refractivity (Wildman–Crippen MR) is 133 cm³/mol. The number of carbonyl (C=O) groups excluding carboxylic acids is 4. The van der Waals surface area contributed by atoms with Crippen molar-refractivity contribution in [3.05, 3.63) is 45.7 Å². The van der Waals surface area contributed by atoms with Gasteiger partial charge in [0.1, 0.15) is 22.9 Å². The third kappa shape index (κ3) is 3.75. The number of Topliss-reactive ketones (excluding diaryl/α,β-unsaturated/α-hetero) is 2. The largest absolute Gasteiger partial charge is 0.510 e. The molecule has 0 spiro atoms. The van der Waals surface area contributed by atoms with Crippen molar-refractivity contribution in [1.29, 1.82) is 0 Å². The zero-order valence-electron chi connectivity index (χ0n) is 21.1. The Morgan fingerprint density at radius 2 is 1.85 bits per heavy atom. The number of likely N-dealkylation sites (tertiary alicyclic amines) is 1. The number of nitrogens with zero attached hydrogens (tertiary/aromatic N) is 2. The van der Waals surface area contributed by atoms with E-state index in [9.17, 15) is 39.6 Å². The quantitative estimate of drug-likeness (QED) is 0.273. The van der Waals surface area contributed by atoms with E-state index in [2.05, 4.69) is 0 Å². The van der Waals surface area contributed by atoms with Gasteiger partial charge in [0.05, 0.1) is 23.8 Å². The summed E-state index contributed by atoms with van der Waals surface area (Å²) >= 11 is 0. The van der Waals surface area contributed by atoms with Gasteiger partial charge in [0.2, 0.25) is 11.7 Å². The van der Waals surface area contributed by atoms with E-state index >= 15 is 4.39 Å². The second-order valence-corrected chi connectivity index (χ2v) is 10.6. The van der Waals surface area contributed by atoms with Gasteiger partial charge < -0.3 is 36.8 Å². The minimum atomic E-state index is -2.86. The monoisotopic (exact) mass is 544 g/mol. The van der Waals surface area contributed by atoms with E-state index in [1.165, 1.54) is 7.05 Å². The maximum atomic E-state index is 15.4. The molecule has 0 radical (unpaired) electrons. The van der Waals surface area contributed by atoms with E-state index in [4.69, 9.17) is 11.5 Å². The van der Waals surface area contributed by atoms with Crippen LogP contribution >= 0.6 is 0 Å². The number of hydrogen-bond donors (Lipinski definition) is 6. The lowest BCUT2D eigenvalue weighted by Crippen LogP contribution is -2.63. The minimum Gasteiger partial charge on any atom is -0.510 e. The molecule has 5 rings (SSSR count). The van der Waals surface area contributed by atoms with Gasteiger partial charge in [-0.1, -0.05) is 0 Å². The Balaban J connectivity index is 1.59. The second kappa shape index (κ2) is 9.14. The van der Waals surface area contributed by atoms with Gasteiger partial charge in [0.15, 0.2) is 17.1 Å². The number of amides is 2. The molecule has 1 aromatic carbocycles. The molecule has 39 heavy (non-hydrogen) atoms. The molecular formula is C26H29FN4O8. The molecule has 1 saturated heterocycles. The molecular weight excluding hydrogens is 515 g/mol. The fraction of sp³-hybridized carbons (Fsp3) is 0.462. The SMILES string of the molecule is CN(C(=O)CN1CCCC1)c1cc(F)c2c(c1O)C(=O)C1=C(O)[C@]3(O)C(=O)C(C(N)=O)=C(O)[C@@H](N)[C@@H]3C[C@@H]1C2. The lowest BCUT2D eigenvalue weighted by atomic mass is 9.59. The summed E-state index contributed by atoms with van der Waals surface area (Å²) in [6, 6.07) is -0.535. The normalized spacial score (nSPS) is 28.8. The number of anilines is 1. The fourth-order valence-electron chi connectivity index (χ4n) is 6.35. The van der Waals surface area contributed by atoms with Crippen molar-refractivity contribution < 1.29 is 44.0 Å². The van der Waals surface area contributed by atoms with E-state index in [1.54, 1.807) is 0 Å². The number of primary amides is 1. The Bertz CT molecular complexity index is 1400. The molecule has 12 nitrogen and oxygen atoms in total. The van der Waals surface area contributed by atoms with Crippen LogP contribution in [0.4, 0.5) is 10.1 Å². The Labute approximate surface area is 222 Å². The highest BCUT2D eigenvalue weighted by atomic mass is 19.1. The number of aliphatic hydroxyl groups is 3. The topological polar surface area (TPSA) is 208 Å². The maximum Gasteiger partial charge on any atom is 0.255 e. The number of nitrogens with two attached hydrogens (primary N) is 2. The van der Waals surface area contributed by atoms with Crippen LogP contribution in [0.5, 0.6) is 5.75 Å². The van der Waals surface area contributed by atoms with Crippen LogP contribution in [0.25, 0.3) is 0 Å². The highest BCUT2D eigenvalue weighted by Crippen LogP contribution is 2.52. The van der Waals surface area contributed by atoms with Gasteiger partial charge in [0.25, 0.3) is 5.91 Å². The lowest BCUT2D eigenvalue weighted by Gasteiger charge is -2.47. The molecule has 13 heteroatoms. The number of rotatable bonds is 4. The minimum absolute atomic E-state index is 0.0377. The van der Waals surface area contributed by atoms with Crippen molar-refractivity contribution in [3.63, 3.8) is 0 Å². The highest BCUT2D eigenvalue weighted by Gasteiger charge is 2.62. The Hall–Kier alpha value is -3.81. The van der Waals surface area contributed by atoms with Crippen LogP contribution in [0, 0.1) is 17.7 Å². The van der Waals surface area contributed by atoms with Crippen molar-refractivity contribution >= 4 is 29.1 Å². The van der Waals surface area contributed by atoms with Crippen LogP contribution in [0.3, 0.4) is 0 Å². The zero-order chi connectivity index (χ0) is 28.5. The number of benzene rings is 1. The number of aromatic hydroxyl groups is 1. The number of halogens is 1. The smallest absolute Gasteiger partial charge is 0.255 e. The van der Waals surface area contributed by atoms with E-state index < -0.39 is 86.7 Å². The first-order chi connectivity index (χ1) is 18.3. The van der Waals surface area contributed by atoms with E-state index in [-0.39, 0.29) is 30.6 Å². The van der Waals surface area contributed by atoms with E-state index in [0.29, 0.717) is 0 Å². The third-order valence-electron chi connectivity index (χ3n) is 8.47. The molecule has 0 aromatic heterocycles. The predicted octanol–water partition coefficient (Wildman–Crippen LogP) is -0.285. The first-order valence-electron chi connectivity index (χ1n) is 12.6. The summed E-state index contributed by atoms with van der Waals surface area (Å²) in [7, 11) is 1.34. The van der Waals surface area contributed by atoms with Crippen LogP contribution in [0.2, 0.25) is 0 Å². The number of ketones is 2. The van der Waals surface area contributed by atoms with Gasteiger partial charge in [-0.2, -0.15) is 0 Å². The molecule has 8 N–H and O–H groups in total. The van der Waals surface area contributed by atoms with Crippen molar-refractivity contribution in [3.8, 4) is 5.75 Å². The van der Waals surface area contributed by atoms with Gasteiger partial charge in [0, 0.05) is 30.2 Å². The Morgan fingerprint density at radius 1 is 1.21 bits per heavy atom. The average Bonchev–Trinajstić information content (AvgIpc) is 3.39. The molecule has 1 fully saturated rings. The summed E-state index contributed by atoms with van der Waals surface area (Å²) in [5.74, 6) is -10.1. The number of likely N-dealkylation sites (N-methyl/N-ethyl adjacent to an activating group) is 1. The van der Waals surface area contributed by atoms with Gasteiger partial charge in [-0.3, -0.25) is 24.1 Å². The number of hydrogen-bond acceptors (Lipinski definition) is 10. The van der Waals surface area contributed by atoms with Crippen molar-refractivity contribution in [2.75, 3.05) is 31.6 Å². The maximum absolute atomic E-state index is 15.4. The number of carbonyl (C=O) groups is 4. The number of fused-ring (bicyclic) bond motifs is 3. The summed E-state index contributed by atoms with van der Waals surface area (Å²) in [6.07, 6.45) is 1.44. The molecule has 1 aliphatic heterocycles. The molecule has 0 bridgehead atoms. The van der Waals surface area contributed by atoms with Crippen LogP contribution in [-0.2, 0) is 20.8 Å². The fourth-order valence-corrected chi connectivity index (χ4v) is 6.35. The summed E-state index contributed by atoms with van der Waals surface area (Å²) in [6.45, 7) is 1.50. The van der Waals surface area contributed by atoms with Crippen LogP contribution in [-0.4, -0.2) is 87.0 Å². The van der Waals surface area contributed by atoms with Crippen molar-refractivity contribution in [1.82, 2.24) is 4.90 Å². The van der Waals surface area contributed by atoms with Gasteiger partial charge in [-0.15, -0.1) is 0 Å². The summed E-state index contributed by atoms with van der Waals surface area (Å²) in [5.41, 5.74) is 5.98. The highest BCUT2D eigenvalue weighted by molar-refractivity contribution is 6.25. The third-order valence-corrected chi connectivity index (χ3v) is 8.47. The van der Waals surface area contributed by atoms with Crippen LogP contribution < -0.4 is 16.4 Å². The molecule has 4 aliphatic rings. The average molecular weight is 545 g/mol. The molecule has 2 amide bonds. The number of aliphatic hydroxyl groups excluding tert-OH is 2. The summed E-state index contributed by atoms with van der Waals surface area (Å²) < 4.78 is 15.4. The molecule has 3 aliphatic carbocycles. The van der Waals surface area contributed by atoms with Crippen LogP contribution in [0.15, 0.2) is 28.7 Å². The molecule has 208 valence electrons. The molecule has 4 atom stereocenters. The van der Waals surface area contributed by atoms with Crippen LogP contribution in [0.1, 0.15) is 35.2 Å². The molecule has 1 aromatic rings. The van der Waals surface area contributed by atoms with Gasteiger partial charge in [-0.05, 0) is 44.7 Å².